The number of rotatable bonds is 12. The standard InChI is InChI=1S/C26H38N6O4S/c1-19(2)27-12-13-28-25(33)17-31(24-14-23(11-10-20(24)3)29-37(5,35)36)18-26(34)30(4)32-15-21-8-6-7-9-22(21)16-32/h6-11,14,19,27,29H,12-13,15-18H2,1-5H3,(H,28,33). The van der Waals surface area contributed by atoms with Crippen LogP contribution < -0.4 is 20.3 Å². The van der Waals surface area contributed by atoms with Crippen LogP contribution in [0.4, 0.5) is 11.4 Å². The molecule has 1 aliphatic heterocycles. The van der Waals surface area contributed by atoms with Crippen LogP contribution in [0.1, 0.15) is 30.5 Å². The summed E-state index contributed by atoms with van der Waals surface area (Å²) in [7, 11) is -1.75. The molecule has 2 aromatic carbocycles. The minimum atomic E-state index is -3.49. The summed E-state index contributed by atoms with van der Waals surface area (Å²) in [6.07, 6.45) is 1.08. The van der Waals surface area contributed by atoms with Crippen LogP contribution >= 0.6 is 0 Å². The lowest BCUT2D eigenvalue weighted by Crippen LogP contribution is -2.48. The number of benzene rings is 2. The van der Waals surface area contributed by atoms with Gasteiger partial charge in [-0.2, -0.15) is 0 Å². The summed E-state index contributed by atoms with van der Waals surface area (Å²) in [5, 5.41) is 9.71. The minimum Gasteiger partial charge on any atom is -0.353 e. The normalized spacial score (nSPS) is 13.4. The number of likely N-dealkylation sites (N-methyl/N-ethyl adjacent to an activating group) is 1. The van der Waals surface area contributed by atoms with E-state index in [4.69, 9.17) is 0 Å². The van der Waals surface area contributed by atoms with Gasteiger partial charge in [-0.05, 0) is 35.7 Å². The summed E-state index contributed by atoms with van der Waals surface area (Å²) in [6.45, 7) is 8.18. The monoisotopic (exact) mass is 530 g/mol. The van der Waals surface area contributed by atoms with Crippen molar-refractivity contribution in [2.45, 2.75) is 39.9 Å². The topological polar surface area (TPSA) is 114 Å². The average molecular weight is 531 g/mol. The molecule has 2 aromatic rings. The molecule has 202 valence electrons. The van der Waals surface area contributed by atoms with Crippen LogP contribution in [-0.4, -0.2) is 75.8 Å². The van der Waals surface area contributed by atoms with Crippen LogP contribution in [0.5, 0.6) is 0 Å². The number of hydrogen-bond donors (Lipinski definition) is 3. The molecule has 3 N–H and O–H groups in total. The Morgan fingerprint density at radius 3 is 2.27 bits per heavy atom. The summed E-state index contributed by atoms with van der Waals surface area (Å²) in [5.74, 6) is -0.404. The predicted molar refractivity (Wildman–Crippen MR) is 146 cm³/mol. The van der Waals surface area contributed by atoms with Crippen LogP contribution in [0.15, 0.2) is 42.5 Å². The molecule has 2 amide bonds. The molecule has 0 fully saturated rings. The van der Waals surface area contributed by atoms with Crippen molar-refractivity contribution in [3.8, 4) is 0 Å². The van der Waals surface area contributed by atoms with E-state index in [1.807, 2.05) is 37.9 Å². The van der Waals surface area contributed by atoms with Gasteiger partial charge in [-0.15, -0.1) is 0 Å². The molecular weight excluding hydrogens is 492 g/mol. The van der Waals surface area contributed by atoms with Crippen molar-refractivity contribution in [3.05, 3.63) is 59.2 Å². The fourth-order valence-corrected chi connectivity index (χ4v) is 4.75. The second-order valence-corrected chi connectivity index (χ2v) is 11.4. The lowest BCUT2D eigenvalue weighted by Gasteiger charge is -2.32. The molecule has 10 nitrogen and oxygen atoms in total. The van der Waals surface area contributed by atoms with E-state index in [2.05, 4.69) is 27.5 Å². The molecule has 3 rings (SSSR count). The number of nitrogens with zero attached hydrogens (tertiary/aromatic N) is 3. The van der Waals surface area contributed by atoms with E-state index in [0.29, 0.717) is 43.6 Å². The Kier molecular flexibility index (Phi) is 9.52. The van der Waals surface area contributed by atoms with Gasteiger partial charge in [-0.1, -0.05) is 44.2 Å². The third-order valence-electron chi connectivity index (χ3n) is 6.12. The average Bonchev–Trinajstić information content (AvgIpc) is 3.25. The number of carbonyl (C=O) groups excluding carboxylic acids is 2. The van der Waals surface area contributed by atoms with E-state index in [1.54, 1.807) is 35.2 Å². The Bertz CT molecular complexity index is 1190. The highest BCUT2D eigenvalue weighted by Crippen LogP contribution is 2.26. The minimum absolute atomic E-state index is 0.0509. The maximum atomic E-state index is 13.4. The Morgan fingerprint density at radius 2 is 1.68 bits per heavy atom. The highest BCUT2D eigenvalue weighted by molar-refractivity contribution is 7.92. The van der Waals surface area contributed by atoms with Gasteiger partial charge in [-0.25, -0.2) is 13.4 Å². The molecule has 1 heterocycles. The molecule has 0 spiro atoms. The molecule has 11 heteroatoms. The van der Waals surface area contributed by atoms with Gasteiger partial charge in [0.1, 0.15) is 0 Å². The molecule has 0 aliphatic carbocycles. The van der Waals surface area contributed by atoms with Gasteiger partial charge in [0.15, 0.2) is 0 Å². The van der Waals surface area contributed by atoms with Gasteiger partial charge < -0.3 is 15.5 Å². The number of nitrogens with one attached hydrogen (secondary N) is 3. The van der Waals surface area contributed by atoms with Crippen molar-refractivity contribution in [1.29, 1.82) is 0 Å². The number of hydrazine groups is 1. The van der Waals surface area contributed by atoms with Crippen LogP contribution in [0.2, 0.25) is 0 Å². The van der Waals surface area contributed by atoms with Crippen molar-refractivity contribution in [1.82, 2.24) is 20.7 Å². The lowest BCUT2D eigenvalue weighted by molar-refractivity contribution is -0.145. The Hall–Kier alpha value is -3.15. The quantitative estimate of drug-likeness (QED) is 0.358. The molecule has 0 aromatic heterocycles. The third-order valence-corrected chi connectivity index (χ3v) is 6.73. The first-order valence-corrected chi connectivity index (χ1v) is 14.2. The molecule has 0 saturated carbocycles. The largest absolute Gasteiger partial charge is 0.353 e. The first-order chi connectivity index (χ1) is 17.4. The molecule has 0 atom stereocenters. The van der Waals surface area contributed by atoms with Crippen molar-refractivity contribution in [3.63, 3.8) is 0 Å². The zero-order valence-electron chi connectivity index (χ0n) is 22.2. The summed E-state index contributed by atoms with van der Waals surface area (Å²) >= 11 is 0. The smallest absolute Gasteiger partial charge is 0.256 e. The number of fused-ring (bicyclic) bond motifs is 1. The maximum absolute atomic E-state index is 13.4. The van der Waals surface area contributed by atoms with Crippen LogP contribution in [0.3, 0.4) is 0 Å². The summed E-state index contributed by atoms with van der Waals surface area (Å²) in [5.41, 5.74) is 4.16. The second kappa shape index (κ2) is 12.4. The van der Waals surface area contributed by atoms with E-state index in [9.17, 15) is 18.0 Å². The molecule has 0 bridgehead atoms. The molecule has 37 heavy (non-hydrogen) atoms. The van der Waals surface area contributed by atoms with Gasteiger partial charge in [0.2, 0.25) is 15.9 Å². The number of hydrogen-bond acceptors (Lipinski definition) is 7. The fourth-order valence-electron chi connectivity index (χ4n) is 4.20. The van der Waals surface area contributed by atoms with Gasteiger partial charge >= 0.3 is 0 Å². The van der Waals surface area contributed by atoms with Gasteiger partial charge in [0, 0.05) is 45.0 Å². The Balaban J connectivity index is 1.77. The number of anilines is 2. The van der Waals surface area contributed by atoms with Crippen LogP contribution in [0, 0.1) is 6.92 Å². The van der Waals surface area contributed by atoms with Gasteiger partial charge in [-0.3, -0.25) is 19.3 Å². The second-order valence-electron chi connectivity index (χ2n) is 9.70. The highest BCUT2D eigenvalue weighted by atomic mass is 32.2. The van der Waals surface area contributed by atoms with Gasteiger partial charge in [0.25, 0.3) is 5.91 Å². The van der Waals surface area contributed by atoms with E-state index in [1.165, 1.54) is 11.1 Å². The van der Waals surface area contributed by atoms with Crippen molar-refractivity contribution in [2.75, 3.05) is 49.1 Å². The fraction of sp³-hybridized carbons (Fsp3) is 0.462. The van der Waals surface area contributed by atoms with Crippen molar-refractivity contribution < 1.29 is 18.0 Å². The molecule has 0 unspecified atom stereocenters. The summed E-state index contributed by atoms with van der Waals surface area (Å²) in [6, 6.07) is 13.5. The SMILES string of the molecule is Cc1ccc(NS(C)(=O)=O)cc1N(CC(=O)NCCNC(C)C)CC(=O)N(C)N1Cc2ccccc2C1. The maximum Gasteiger partial charge on any atom is 0.256 e. The molecule has 1 aliphatic rings. The number of sulfonamides is 1. The molecule has 0 saturated heterocycles. The van der Waals surface area contributed by atoms with Crippen molar-refractivity contribution >= 4 is 33.2 Å². The van der Waals surface area contributed by atoms with E-state index in [0.717, 1.165) is 11.8 Å². The van der Waals surface area contributed by atoms with Crippen molar-refractivity contribution in [2.24, 2.45) is 0 Å². The van der Waals surface area contributed by atoms with E-state index >= 15 is 0 Å². The Labute approximate surface area is 220 Å². The zero-order valence-corrected chi connectivity index (χ0v) is 23.1. The van der Waals surface area contributed by atoms with Crippen LogP contribution in [-0.2, 0) is 32.7 Å². The highest BCUT2D eigenvalue weighted by Gasteiger charge is 2.27. The number of carbonyl (C=O) groups is 2. The number of amides is 2. The van der Waals surface area contributed by atoms with E-state index in [-0.39, 0.29) is 24.9 Å². The van der Waals surface area contributed by atoms with E-state index < -0.39 is 10.0 Å². The first-order valence-electron chi connectivity index (χ1n) is 12.3. The Morgan fingerprint density at radius 1 is 1.03 bits per heavy atom. The third kappa shape index (κ3) is 8.44. The van der Waals surface area contributed by atoms with Crippen LogP contribution in [0.25, 0.3) is 0 Å². The predicted octanol–water partition coefficient (Wildman–Crippen LogP) is 1.68. The summed E-state index contributed by atoms with van der Waals surface area (Å²) in [4.78, 5) is 27.9. The number of aryl methyl sites for hydroxylation is 1. The summed E-state index contributed by atoms with van der Waals surface area (Å²) < 4.78 is 26.0. The molecule has 0 radical (unpaired) electrons. The zero-order chi connectivity index (χ0) is 27.2. The first kappa shape index (κ1) is 28.4. The molecular formula is C26H38N6O4S. The van der Waals surface area contributed by atoms with Gasteiger partial charge in [0.05, 0.1) is 25.0 Å². The lowest BCUT2D eigenvalue weighted by atomic mass is 10.1.